The van der Waals surface area contributed by atoms with Gasteiger partial charge in [0.1, 0.15) is 33.3 Å². The molecule has 0 amide bonds. The molecular formula is C68H73ClN10O11. The molecule has 0 saturated carbocycles. The fraction of sp³-hybridized carbons (Fsp3) is 0.191. The molecule has 6 aromatic heterocycles. The fourth-order valence-electron chi connectivity index (χ4n) is 8.90. The number of nitrogens with zero attached hydrogens (tertiary/aromatic N) is 9. The number of ether oxygens (including phenoxy) is 5. The maximum absolute atomic E-state index is 12.8. The third-order valence-corrected chi connectivity index (χ3v) is 13.5. The summed E-state index contributed by atoms with van der Waals surface area (Å²) in [7, 11) is 8.60. The van der Waals surface area contributed by atoms with Gasteiger partial charge in [-0.2, -0.15) is 20.4 Å². The highest BCUT2D eigenvalue weighted by Crippen LogP contribution is 2.32. The van der Waals surface area contributed by atoms with Crippen LogP contribution in [-0.4, -0.2) is 104 Å². The van der Waals surface area contributed by atoms with Crippen LogP contribution < -0.4 is 45.9 Å². The molecule has 22 heteroatoms. The van der Waals surface area contributed by atoms with E-state index in [1.807, 2.05) is 127 Å². The van der Waals surface area contributed by atoms with Gasteiger partial charge < -0.3 is 28.8 Å². The number of carbonyl (C=O) groups excluding carboxylic acids is 1. The summed E-state index contributed by atoms with van der Waals surface area (Å²) in [5.74, 6) is 2.31. The Balaban J connectivity index is 0.000000254. The Morgan fingerprint density at radius 2 is 0.878 bits per heavy atom. The van der Waals surface area contributed by atoms with E-state index in [4.69, 9.17) is 40.4 Å². The van der Waals surface area contributed by atoms with E-state index in [1.54, 1.807) is 57.2 Å². The summed E-state index contributed by atoms with van der Waals surface area (Å²) in [6, 6.07) is 45.3. The zero-order valence-electron chi connectivity index (χ0n) is 47.5. The van der Waals surface area contributed by atoms with Gasteiger partial charge in [-0.1, -0.05) is 132 Å². The number of rotatable bonds is 13. The first kappa shape index (κ1) is 71.6. The van der Waals surface area contributed by atoms with Crippen molar-refractivity contribution >= 4 is 61.2 Å². The molecule has 6 aromatic carbocycles. The van der Waals surface area contributed by atoms with Gasteiger partial charge in [0.2, 0.25) is 5.75 Å². The minimum atomic E-state index is -0.367. The number of H-pyrrole nitrogens is 1. The van der Waals surface area contributed by atoms with Crippen molar-refractivity contribution in [1.29, 1.82) is 0 Å². The van der Waals surface area contributed by atoms with Crippen molar-refractivity contribution < 1.29 is 33.6 Å². The molecule has 0 radical (unpaired) electrons. The molecule has 0 aliphatic heterocycles. The Kier molecular flexibility index (Phi) is 27.4. The molecule has 0 fully saturated rings. The molecule has 0 bridgehead atoms. The number of benzene rings is 6. The quantitative estimate of drug-likeness (QED) is 0.0803. The monoisotopic (exact) mass is 1240 g/mol. The molecular weight excluding hydrogens is 1170 g/mol. The van der Waals surface area contributed by atoms with E-state index < -0.39 is 0 Å². The summed E-state index contributed by atoms with van der Waals surface area (Å²) in [6.07, 6.45) is 10.4. The highest BCUT2D eigenvalue weighted by molar-refractivity contribution is 6.31. The number of aliphatic hydroxyl groups excluding tert-OH is 1. The Morgan fingerprint density at radius 3 is 1.36 bits per heavy atom. The summed E-state index contributed by atoms with van der Waals surface area (Å²) in [5, 5.41) is 31.1. The SMILES string of the molecule is C.C.C.C.CO.COc1c(Cl)cnn(Cc2ccccc2)c1=O.COc1ccc(C=O)c(-c2cnn(Cc3ccccc3)c(=O)c2OC)c1.COc1ccc2cnc3c(=O)[nH]ncc3c2c1.COc1ccc2cnc3c(=O)n(Cc4ccccc4)ncc3c2c1. The molecule has 0 atom stereocenters. The molecule has 90 heavy (non-hydrogen) atoms. The summed E-state index contributed by atoms with van der Waals surface area (Å²) in [5.41, 5.74) is 4.00. The highest BCUT2D eigenvalue weighted by atomic mass is 35.5. The number of fused-ring (bicyclic) bond motifs is 6. The molecule has 0 saturated heterocycles. The smallest absolute Gasteiger partial charge is 0.310 e. The van der Waals surface area contributed by atoms with Crippen LogP contribution in [0.15, 0.2) is 202 Å². The number of hydrogen-bond donors (Lipinski definition) is 2. The van der Waals surface area contributed by atoms with Crippen LogP contribution in [0.2, 0.25) is 5.02 Å². The van der Waals surface area contributed by atoms with E-state index in [2.05, 4.69) is 35.5 Å². The first-order valence-corrected chi connectivity index (χ1v) is 26.6. The van der Waals surface area contributed by atoms with E-state index in [0.29, 0.717) is 53.1 Å². The molecule has 0 aliphatic carbocycles. The maximum atomic E-state index is 12.8. The Hall–Kier alpha value is -10.9. The lowest BCUT2D eigenvalue weighted by molar-refractivity contribution is 0.112. The summed E-state index contributed by atoms with van der Waals surface area (Å²) in [6.45, 7) is 1.15. The van der Waals surface area contributed by atoms with Crippen molar-refractivity contribution in [3.05, 3.63) is 251 Å². The molecule has 12 aromatic rings. The number of pyridine rings is 2. The molecule has 2 N–H and O–H groups in total. The number of nitrogens with one attached hydrogen (secondary N) is 1. The van der Waals surface area contributed by atoms with E-state index in [-0.39, 0.29) is 68.5 Å². The van der Waals surface area contributed by atoms with Crippen LogP contribution in [0.4, 0.5) is 0 Å². The maximum Gasteiger partial charge on any atom is 0.310 e. The van der Waals surface area contributed by atoms with Gasteiger partial charge in [-0.15, -0.1) is 0 Å². The van der Waals surface area contributed by atoms with Crippen molar-refractivity contribution in [3.63, 3.8) is 0 Å². The standard InChI is InChI=1S/C20H18N2O4.C19H15N3O2.C12H11ClN2O2.C12H9N3O2.CH4O.4CH4/c1-25-16-9-8-15(13-23)17(10-16)18-11-21-22(20(24)19(18)26-2)12-14-6-4-3-5-7-14;1-24-15-8-7-14-10-20-18-17(16(14)9-15)11-21-22(19(18)23)12-13-5-3-2-4-6-13;1-17-11-10(13)7-14-15(12(11)16)8-9-5-3-2-4-6-9;1-17-8-3-2-7-5-13-11-10(9(7)4-8)6-14-15-12(11)16;1-2;;;;/h3-11,13H,12H2,1-2H3;2-11H,12H2,1H3;2-7H,8H2,1H3;2-6H,1H3,(H,15,16);2H,1H3;4*1H4. The number of aromatic nitrogens is 10. The predicted molar refractivity (Wildman–Crippen MR) is 356 cm³/mol. The summed E-state index contributed by atoms with van der Waals surface area (Å²) in [4.78, 5) is 68.9. The van der Waals surface area contributed by atoms with Crippen molar-refractivity contribution in [3.8, 4) is 39.9 Å². The molecule has 0 spiro atoms. The van der Waals surface area contributed by atoms with Crippen molar-refractivity contribution in [2.75, 3.05) is 42.7 Å². The number of aliphatic hydroxyl groups is 1. The van der Waals surface area contributed by atoms with Gasteiger partial charge >= 0.3 is 11.1 Å². The molecule has 6 heterocycles. The van der Waals surface area contributed by atoms with Crippen LogP contribution in [0.25, 0.3) is 54.5 Å². The van der Waals surface area contributed by atoms with Crippen LogP contribution in [0.3, 0.4) is 0 Å². The normalized spacial score (nSPS) is 10.0. The van der Waals surface area contributed by atoms with Gasteiger partial charge in [0.25, 0.3) is 11.1 Å². The molecule has 0 aliphatic rings. The number of halogens is 1. The highest BCUT2D eigenvalue weighted by Gasteiger charge is 2.18. The first-order chi connectivity index (χ1) is 41.9. The second-order valence-electron chi connectivity index (χ2n) is 18.3. The van der Waals surface area contributed by atoms with E-state index in [9.17, 15) is 24.0 Å². The first-order valence-electron chi connectivity index (χ1n) is 26.2. The lowest BCUT2D eigenvalue weighted by Gasteiger charge is -2.13. The number of aromatic amines is 1. The lowest BCUT2D eigenvalue weighted by atomic mass is 10.0. The molecule has 12 rings (SSSR count). The Bertz CT molecular complexity index is 4550. The van der Waals surface area contributed by atoms with E-state index >= 15 is 0 Å². The fourth-order valence-corrected chi connectivity index (χ4v) is 9.10. The average molecular weight is 1240 g/mol. The van der Waals surface area contributed by atoms with Crippen molar-refractivity contribution in [2.45, 2.75) is 49.3 Å². The van der Waals surface area contributed by atoms with Gasteiger partial charge in [0, 0.05) is 52.2 Å². The topological polar surface area (TPSA) is 260 Å². The Labute approximate surface area is 525 Å². The van der Waals surface area contributed by atoms with Gasteiger partial charge in [-0.25, -0.2) is 29.1 Å². The minimum absolute atomic E-state index is 0. The molecule has 468 valence electrons. The third kappa shape index (κ3) is 16.8. The van der Waals surface area contributed by atoms with Crippen molar-refractivity contribution in [2.24, 2.45) is 0 Å². The van der Waals surface area contributed by atoms with Gasteiger partial charge in [-0.05, 0) is 82.1 Å². The van der Waals surface area contributed by atoms with E-state index in [0.717, 1.165) is 73.9 Å². The van der Waals surface area contributed by atoms with Gasteiger partial charge in [0.05, 0.1) is 85.5 Å². The predicted octanol–water partition coefficient (Wildman–Crippen LogP) is 11.4. The number of methoxy groups -OCH3 is 5. The number of carbonyl (C=O) groups is 1. The van der Waals surface area contributed by atoms with Crippen LogP contribution >= 0.6 is 11.6 Å². The third-order valence-electron chi connectivity index (χ3n) is 13.2. The number of hydrogen-bond acceptors (Lipinski definition) is 17. The zero-order chi connectivity index (χ0) is 61.1. The van der Waals surface area contributed by atoms with E-state index in [1.165, 1.54) is 47.8 Å². The molecule has 21 nitrogen and oxygen atoms in total. The average Bonchev–Trinajstić information content (AvgIpc) is 0.949. The summed E-state index contributed by atoms with van der Waals surface area (Å²) < 4.78 is 30.1. The van der Waals surface area contributed by atoms with Crippen molar-refractivity contribution in [1.82, 2.24) is 49.5 Å². The van der Waals surface area contributed by atoms with Crippen LogP contribution in [0.5, 0.6) is 28.7 Å². The zero-order valence-corrected chi connectivity index (χ0v) is 48.2. The second-order valence-corrected chi connectivity index (χ2v) is 18.7. The Morgan fingerprint density at radius 1 is 0.456 bits per heavy atom. The minimum Gasteiger partial charge on any atom is -0.497 e. The van der Waals surface area contributed by atoms with Crippen LogP contribution in [0, 0.1) is 0 Å². The van der Waals surface area contributed by atoms with Crippen LogP contribution in [0.1, 0.15) is 56.8 Å². The van der Waals surface area contributed by atoms with Gasteiger partial charge in [-0.3, -0.25) is 24.0 Å². The largest absolute Gasteiger partial charge is 0.497 e. The molecule has 0 unspecified atom stereocenters. The number of aldehydes is 1. The lowest BCUT2D eigenvalue weighted by Crippen LogP contribution is -2.25. The van der Waals surface area contributed by atoms with Gasteiger partial charge in [0.15, 0.2) is 12.0 Å². The van der Waals surface area contributed by atoms with Crippen LogP contribution in [-0.2, 0) is 19.6 Å². The second kappa shape index (κ2) is 34.4. The summed E-state index contributed by atoms with van der Waals surface area (Å²) >= 11 is 5.80.